The number of nitrogens with zero attached hydrogens (tertiary/aromatic N) is 2. The predicted molar refractivity (Wildman–Crippen MR) is 97.7 cm³/mol. The van der Waals surface area contributed by atoms with Gasteiger partial charge in [0.1, 0.15) is 11.5 Å². The SMILES string of the molecule is COc1cccc(C=NCCN=Cc2cccc(OC)c2[O-])c1[O-].O.O.[O-2].[V+4]. The van der Waals surface area contributed by atoms with Gasteiger partial charge in [-0.25, -0.2) is 0 Å². The molecule has 0 heterocycles. The second-order valence-electron chi connectivity index (χ2n) is 4.83. The number of para-hydroxylation sites is 2. The molecular weight excluding hydrogens is 407 g/mol. The smallest absolute Gasteiger partial charge is 2.00 e. The number of rotatable bonds is 7. The van der Waals surface area contributed by atoms with Gasteiger partial charge in [0.2, 0.25) is 0 Å². The minimum atomic E-state index is -0.195. The van der Waals surface area contributed by atoms with Crippen molar-refractivity contribution in [1.29, 1.82) is 0 Å². The van der Waals surface area contributed by atoms with E-state index in [9.17, 15) is 10.2 Å². The Morgan fingerprint density at radius 2 is 1.14 bits per heavy atom. The average Bonchev–Trinajstić information content (AvgIpc) is 2.60. The van der Waals surface area contributed by atoms with Crippen LogP contribution in [0.2, 0.25) is 0 Å². The van der Waals surface area contributed by atoms with Gasteiger partial charge in [0.05, 0.1) is 27.3 Å². The summed E-state index contributed by atoms with van der Waals surface area (Å²) in [6.07, 6.45) is 3.01. The first kappa shape index (κ1) is 30.2. The third-order valence-electron chi connectivity index (χ3n) is 3.28. The van der Waals surface area contributed by atoms with Gasteiger partial charge < -0.3 is 36.1 Å². The van der Waals surface area contributed by atoms with Gasteiger partial charge in [-0.05, 0) is 23.3 Å². The number of benzene rings is 2. The maximum Gasteiger partial charge on any atom is 4.00 e. The number of hydrogen-bond donors (Lipinski definition) is 0. The van der Waals surface area contributed by atoms with Gasteiger partial charge in [0, 0.05) is 12.4 Å². The summed E-state index contributed by atoms with van der Waals surface area (Å²) in [5, 5.41) is 23.8. The van der Waals surface area contributed by atoms with Crippen molar-refractivity contribution in [3.05, 3.63) is 47.5 Å². The minimum absolute atomic E-state index is 0. The number of hydrogen-bond acceptors (Lipinski definition) is 6. The second kappa shape index (κ2) is 15.5. The van der Waals surface area contributed by atoms with Gasteiger partial charge in [-0.3, -0.25) is 9.98 Å². The van der Waals surface area contributed by atoms with Crippen molar-refractivity contribution in [2.75, 3.05) is 27.3 Å². The molecule has 2 aromatic rings. The van der Waals surface area contributed by atoms with Crippen molar-refractivity contribution in [1.82, 2.24) is 0 Å². The molecule has 4 N–H and O–H groups in total. The van der Waals surface area contributed by atoms with Gasteiger partial charge in [-0.15, -0.1) is 0 Å². The molecule has 2 rings (SSSR count). The average molecular weight is 429 g/mol. The zero-order valence-electron chi connectivity index (χ0n) is 15.4. The summed E-state index contributed by atoms with van der Waals surface area (Å²) in [4.78, 5) is 8.34. The first-order valence-electron chi connectivity index (χ1n) is 7.35. The molecule has 0 bridgehead atoms. The van der Waals surface area contributed by atoms with Gasteiger partial charge in [0.25, 0.3) is 0 Å². The normalized spacial score (nSPS) is 9.64. The molecule has 0 aliphatic rings. The second-order valence-corrected chi connectivity index (χ2v) is 4.83. The molecule has 0 saturated heterocycles. The standard InChI is InChI=1S/C18H20N2O4.2H2O.O.V/c1-23-15-7-3-5-13(17(15)21)11-19-9-10-20-12-14-6-4-8-16(24-2)18(14)22;;;;/h3-8,11-12,21-22H,9-10H2,1-2H3;2*1H2;;/q;;;-2;+4/p-2. The van der Waals surface area contributed by atoms with Crippen LogP contribution >= 0.6 is 0 Å². The Hall–Kier alpha value is -2.56. The molecule has 10 heteroatoms. The third kappa shape index (κ3) is 7.99. The van der Waals surface area contributed by atoms with E-state index in [2.05, 4.69) is 9.98 Å². The summed E-state index contributed by atoms with van der Waals surface area (Å²) >= 11 is 0. The van der Waals surface area contributed by atoms with Gasteiger partial charge in [0.15, 0.2) is 0 Å². The van der Waals surface area contributed by atoms with Crippen LogP contribution in [0, 0.1) is 0 Å². The van der Waals surface area contributed by atoms with E-state index in [1.807, 2.05) is 0 Å². The Labute approximate surface area is 175 Å². The van der Waals surface area contributed by atoms with Crippen molar-refractivity contribution < 1.29 is 54.7 Å². The van der Waals surface area contributed by atoms with Crippen molar-refractivity contribution in [3.8, 4) is 23.0 Å². The molecule has 1 radical (unpaired) electrons. The summed E-state index contributed by atoms with van der Waals surface area (Å²) in [6.45, 7) is 0.816. The van der Waals surface area contributed by atoms with Crippen molar-refractivity contribution in [2.24, 2.45) is 9.98 Å². The van der Waals surface area contributed by atoms with Crippen LogP contribution in [0.4, 0.5) is 0 Å². The van der Waals surface area contributed by atoms with Crippen molar-refractivity contribution in [2.45, 2.75) is 0 Å². The zero-order chi connectivity index (χ0) is 17.4. The van der Waals surface area contributed by atoms with E-state index >= 15 is 0 Å². The first-order valence-corrected chi connectivity index (χ1v) is 7.35. The molecule has 0 aromatic heterocycles. The van der Waals surface area contributed by atoms with E-state index in [1.165, 1.54) is 26.6 Å². The van der Waals surface area contributed by atoms with E-state index in [-0.39, 0.29) is 58.0 Å². The minimum Gasteiger partial charge on any atom is -2.00 e. The number of ether oxygens (including phenoxy) is 2. The van der Waals surface area contributed by atoms with Crippen LogP contribution in [0.5, 0.6) is 23.0 Å². The van der Waals surface area contributed by atoms with Crippen LogP contribution in [0.15, 0.2) is 46.4 Å². The topological polar surface area (TPSA) is 181 Å². The Morgan fingerprint density at radius 1 is 0.786 bits per heavy atom. The Morgan fingerprint density at radius 3 is 1.46 bits per heavy atom. The first-order chi connectivity index (χ1) is 11.7. The number of aliphatic imine (C=N–C) groups is 2. The summed E-state index contributed by atoms with van der Waals surface area (Å²) in [6, 6.07) is 10.0. The molecule has 0 amide bonds. The summed E-state index contributed by atoms with van der Waals surface area (Å²) in [5.74, 6) is 0.190. The van der Waals surface area contributed by atoms with Gasteiger partial charge in [-0.2, -0.15) is 0 Å². The van der Waals surface area contributed by atoms with E-state index in [1.54, 1.807) is 36.4 Å². The summed E-state index contributed by atoms with van der Waals surface area (Å²) < 4.78 is 9.94. The largest absolute Gasteiger partial charge is 4.00 e. The van der Waals surface area contributed by atoms with Crippen LogP contribution in [0.3, 0.4) is 0 Å². The van der Waals surface area contributed by atoms with E-state index in [0.717, 1.165) is 0 Å². The maximum atomic E-state index is 11.9. The Balaban J connectivity index is -0.00000156. The van der Waals surface area contributed by atoms with E-state index < -0.39 is 0 Å². The van der Waals surface area contributed by atoms with Gasteiger partial charge >= 0.3 is 18.6 Å². The Kier molecular flexibility index (Phi) is 16.7. The van der Waals surface area contributed by atoms with Crippen molar-refractivity contribution in [3.63, 3.8) is 0 Å². The van der Waals surface area contributed by atoms with Crippen LogP contribution < -0.4 is 19.7 Å². The molecule has 0 fully saturated rings. The van der Waals surface area contributed by atoms with Gasteiger partial charge in [-0.1, -0.05) is 35.8 Å². The fourth-order valence-electron chi connectivity index (χ4n) is 2.03. The van der Waals surface area contributed by atoms with Crippen LogP contribution in [0.25, 0.3) is 0 Å². The fourth-order valence-corrected chi connectivity index (χ4v) is 2.03. The molecule has 0 spiro atoms. The van der Waals surface area contributed by atoms with E-state index in [4.69, 9.17) is 9.47 Å². The molecule has 0 unspecified atom stereocenters. The van der Waals surface area contributed by atoms with Crippen molar-refractivity contribution >= 4 is 12.4 Å². The molecule has 2 aromatic carbocycles. The summed E-state index contributed by atoms with van der Waals surface area (Å²) in [5.41, 5.74) is 0.931. The molecule has 0 aliphatic heterocycles. The van der Waals surface area contributed by atoms with Crippen LogP contribution in [-0.4, -0.2) is 50.7 Å². The molecule has 151 valence electrons. The Bertz CT molecular complexity index is 691. The molecule has 0 atom stereocenters. The summed E-state index contributed by atoms with van der Waals surface area (Å²) in [7, 11) is 2.91. The number of methoxy groups -OCH3 is 2. The molecule has 28 heavy (non-hydrogen) atoms. The third-order valence-corrected chi connectivity index (χ3v) is 3.28. The van der Waals surface area contributed by atoms with Crippen LogP contribution in [0.1, 0.15) is 11.1 Å². The maximum absolute atomic E-state index is 11.9. The van der Waals surface area contributed by atoms with Crippen LogP contribution in [-0.2, 0) is 24.0 Å². The van der Waals surface area contributed by atoms with E-state index in [0.29, 0.717) is 24.2 Å². The quantitative estimate of drug-likeness (QED) is 0.430. The fraction of sp³-hybridized carbons (Fsp3) is 0.222. The predicted octanol–water partition coefficient (Wildman–Crippen LogP) is -0.382. The molecule has 9 nitrogen and oxygen atoms in total. The molecular formula is C18H22N2O7V. The monoisotopic (exact) mass is 429 g/mol. The zero-order valence-corrected chi connectivity index (χ0v) is 16.8. The molecule has 0 saturated carbocycles. The molecule has 0 aliphatic carbocycles.